The molecule has 1 rings (SSSR count). The van der Waals surface area contributed by atoms with E-state index in [0.29, 0.717) is 0 Å². The van der Waals surface area contributed by atoms with E-state index >= 15 is 0 Å². The Labute approximate surface area is 76.3 Å². The predicted octanol–water partition coefficient (Wildman–Crippen LogP) is 1.11. The number of aliphatic hydroxyl groups excluding tert-OH is 1. The van der Waals surface area contributed by atoms with Gasteiger partial charge in [0.2, 0.25) is 6.17 Å². The van der Waals surface area contributed by atoms with Gasteiger partial charge in [-0.2, -0.15) is 13.2 Å². The molecule has 1 aliphatic carbocycles. The lowest BCUT2D eigenvalue weighted by Gasteiger charge is -2.43. The highest BCUT2D eigenvalue weighted by molar-refractivity contribution is 5.77. The van der Waals surface area contributed by atoms with Crippen molar-refractivity contribution in [3.8, 4) is 0 Å². The summed E-state index contributed by atoms with van der Waals surface area (Å²) < 4.78 is 48.6. The van der Waals surface area contributed by atoms with E-state index in [2.05, 4.69) is 0 Å². The number of aliphatic hydroxyl groups is 1. The van der Waals surface area contributed by atoms with Gasteiger partial charge in [0, 0.05) is 0 Å². The smallest absolute Gasteiger partial charge is 0.420 e. The SMILES string of the molecule is O=C(O)C1(C(F)C(F)(F)F)CC(O)C1. The first-order valence-corrected chi connectivity index (χ1v) is 3.82. The summed E-state index contributed by atoms with van der Waals surface area (Å²) >= 11 is 0. The third kappa shape index (κ3) is 1.56. The van der Waals surface area contributed by atoms with E-state index in [0.717, 1.165) is 0 Å². The van der Waals surface area contributed by atoms with Gasteiger partial charge in [-0.1, -0.05) is 0 Å². The van der Waals surface area contributed by atoms with Gasteiger partial charge in [0.05, 0.1) is 6.10 Å². The molecule has 3 nitrogen and oxygen atoms in total. The molecular formula is C7H8F4O3. The standard InChI is InChI=1S/C7H8F4O3/c8-4(7(9,10)11)6(5(13)14)1-3(12)2-6/h3-4,12H,1-2H2,(H,13,14). The molecule has 0 aromatic carbocycles. The molecule has 0 spiro atoms. The molecule has 1 aliphatic rings. The minimum absolute atomic E-state index is 0.691. The van der Waals surface area contributed by atoms with Crippen LogP contribution in [0.2, 0.25) is 0 Å². The fourth-order valence-corrected chi connectivity index (χ4v) is 1.58. The van der Waals surface area contributed by atoms with Crippen molar-refractivity contribution in [1.82, 2.24) is 0 Å². The zero-order chi connectivity index (χ0) is 11.1. The second-order valence-electron chi connectivity index (χ2n) is 3.43. The average molecular weight is 216 g/mol. The van der Waals surface area contributed by atoms with E-state index in [1.54, 1.807) is 0 Å². The maximum absolute atomic E-state index is 12.8. The summed E-state index contributed by atoms with van der Waals surface area (Å²) in [4.78, 5) is 10.5. The molecule has 1 saturated carbocycles. The van der Waals surface area contributed by atoms with Crippen LogP contribution in [0.1, 0.15) is 12.8 Å². The number of aliphatic carboxylic acids is 1. The van der Waals surface area contributed by atoms with Crippen LogP contribution in [0, 0.1) is 5.41 Å². The molecule has 82 valence electrons. The first-order valence-electron chi connectivity index (χ1n) is 3.82. The normalized spacial score (nSPS) is 34.8. The largest absolute Gasteiger partial charge is 0.481 e. The number of alkyl halides is 4. The Morgan fingerprint density at radius 3 is 2.07 bits per heavy atom. The molecule has 0 heterocycles. The lowest BCUT2D eigenvalue weighted by molar-refractivity contribution is -0.242. The summed E-state index contributed by atoms with van der Waals surface area (Å²) in [7, 11) is 0. The molecular weight excluding hydrogens is 208 g/mol. The van der Waals surface area contributed by atoms with Crippen molar-refractivity contribution in [2.75, 3.05) is 0 Å². The van der Waals surface area contributed by atoms with Gasteiger partial charge in [0.1, 0.15) is 5.41 Å². The van der Waals surface area contributed by atoms with E-state index in [4.69, 9.17) is 10.2 Å². The number of carbonyl (C=O) groups is 1. The molecule has 0 aromatic heterocycles. The van der Waals surface area contributed by atoms with Crippen molar-refractivity contribution >= 4 is 5.97 Å². The minimum Gasteiger partial charge on any atom is -0.481 e. The summed E-state index contributed by atoms with van der Waals surface area (Å²) in [6, 6.07) is 0. The first kappa shape index (κ1) is 11.2. The van der Waals surface area contributed by atoms with Crippen molar-refractivity contribution in [3.63, 3.8) is 0 Å². The summed E-state index contributed by atoms with van der Waals surface area (Å²) in [5.74, 6) is -1.85. The second-order valence-corrected chi connectivity index (χ2v) is 3.43. The van der Waals surface area contributed by atoms with Crippen molar-refractivity contribution in [3.05, 3.63) is 0 Å². The highest BCUT2D eigenvalue weighted by Gasteiger charge is 2.64. The Bertz CT molecular complexity index is 244. The zero-order valence-electron chi connectivity index (χ0n) is 6.88. The molecule has 0 saturated heterocycles. The third-order valence-corrected chi connectivity index (χ3v) is 2.40. The lowest BCUT2D eigenvalue weighted by atomic mass is 9.63. The number of hydrogen-bond donors (Lipinski definition) is 2. The van der Waals surface area contributed by atoms with Crippen LogP contribution in [-0.4, -0.2) is 34.6 Å². The highest BCUT2D eigenvalue weighted by atomic mass is 19.4. The Kier molecular flexibility index (Phi) is 2.47. The van der Waals surface area contributed by atoms with Crippen LogP contribution >= 0.6 is 0 Å². The molecule has 0 aliphatic heterocycles. The van der Waals surface area contributed by atoms with Crippen molar-refractivity contribution in [2.45, 2.75) is 31.3 Å². The van der Waals surface area contributed by atoms with Gasteiger partial charge < -0.3 is 10.2 Å². The van der Waals surface area contributed by atoms with Gasteiger partial charge in [0.15, 0.2) is 0 Å². The van der Waals surface area contributed by atoms with Crippen LogP contribution in [0.4, 0.5) is 17.6 Å². The second kappa shape index (κ2) is 3.08. The van der Waals surface area contributed by atoms with Crippen molar-refractivity contribution < 1.29 is 32.6 Å². The predicted molar refractivity (Wildman–Crippen MR) is 36.3 cm³/mol. The summed E-state index contributed by atoms with van der Waals surface area (Å²) in [5, 5.41) is 17.2. The third-order valence-electron chi connectivity index (χ3n) is 2.40. The Hall–Kier alpha value is -0.850. The molecule has 0 bridgehead atoms. The average Bonchev–Trinajstić information content (AvgIpc) is 1.94. The quantitative estimate of drug-likeness (QED) is 0.680. The van der Waals surface area contributed by atoms with Crippen LogP contribution in [0.25, 0.3) is 0 Å². The van der Waals surface area contributed by atoms with Crippen LogP contribution < -0.4 is 0 Å². The molecule has 2 N–H and O–H groups in total. The number of halogens is 4. The van der Waals surface area contributed by atoms with E-state index in [1.165, 1.54) is 0 Å². The summed E-state index contributed by atoms with van der Waals surface area (Å²) in [6.45, 7) is 0. The Morgan fingerprint density at radius 1 is 1.43 bits per heavy atom. The molecule has 1 fully saturated rings. The highest BCUT2D eigenvalue weighted by Crippen LogP contribution is 2.50. The zero-order valence-corrected chi connectivity index (χ0v) is 6.88. The molecule has 7 heteroatoms. The van der Waals surface area contributed by atoms with Crippen LogP contribution in [0.15, 0.2) is 0 Å². The van der Waals surface area contributed by atoms with Crippen LogP contribution in [0.5, 0.6) is 0 Å². The van der Waals surface area contributed by atoms with Gasteiger partial charge in [-0.15, -0.1) is 0 Å². The Morgan fingerprint density at radius 2 is 1.86 bits per heavy atom. The number of rotatable bonds is 2. The maximum Gasteiger partial charge on any atom is 0.420 e. The summed E-state index contributed by atoms with van der Waals surface area (Å²) in [5.41, 5.74) is -2.49. The van der Waals surface area contributed by atoms with Crippen molar-refractivity contribution in [2.24, 2.45) is 5.41 Å². The van der Waals surface area contributed by atoms with E-state index < -0.39 is 42.7 Å². The van der Waals surface area contributed by atoms with E-state index in [1.807, 2.05) is 0 Å². The van der Waals surface area contributed by atoms with E-state index in [9.17, 15) is 22.4 Å². The van der Waals surface area contributed by atoms with Gasteiger partial charge in [0.25, 0.3) is 0 Å². The number of hydrogen-bond acceptors (Lipinski definition) is 2. The topological polar surface area (TPSA) is 57.5 Å². The number of carboxylic acids is 1. The van der Waals surface area contributed by atoms with Gasteiger partial charge in [-0.05, 0) is 12.8 Å². The van der Waals surface area contributed by atoms with Crippen molar-refractivity contribution in [1.29, 1.82) is 0 Å². The van der Waals surface area contributed by atoms with Gasteiger partial charge in [-0.25, -0.2) is 4.39 Å². The fourth-order valence-electron chi connectivity index (χ4n) is 1.58. The molecule has 0 aromatic rings. The Balaban J connectivity index is 2.86. The molecule has 1 unspecified atom stereocenters. The van der Waals surface area contributed by atoms with E-state index in [-0.39, 0.29) is 0 Å². The fraction of sp³-hybridized carbons (Fsp3) is 0.857. The maximum atomic E-state index is 12.8. The summed E-state index contributed by atoms with van der Waals surface area (Å²) in [6.07, 6.45) is -11.2. The molecule has 0 amide bonds. The molecule has 0 radical (unpaired) electrons. The van der Waals surface area contributed by atoms with Crippen LogP contribution in [0.3, 0.4) is 0 Å². The minimum atomic E-state index is -5.20. The van der Waals surface area contributed by atoms with Gasteiger partial charge in [-0.3, -0.25) is 4.79 Å². The van der Waals surface area contributed by atoms with Crippen LogP contribution in [-0.2, 0) is 4.79 Å². The number of carboxylic acid groups (broad SMARTS) is 1. The first-order chi connectivity index (χ1) is 6.20. The monoisotopic (exact) mass is 216 g/mol. The lowest BCUT2D eigenvalue weighted by Crippen LogP contribution is -2.57. The van der Waals surface area contributed by atoms with Gasteiger partial charge >= 0.3 is 12.1 Å². The molecule has 14 heavy (non-hydrogen) atoms. The molecule has 1 atom stereocenters.